The molecule has 0 N–H and O–H groups in total. The van der Waals surface area contributed by atoms with Gasteiger partial charge in [0.2, 0.25) is 0 Å². The van der Waals surface area contributed by atoms with Crippen molar-refractivity contribution in [2.45, 2.75) is 13.0 Å². The van der Waals surface area contributed by atoms with E-state index in [1.54, 1.807) is 29.7 Å². The predicted molar refractivity (Wildman–Crippen MR) is 114 cm³/mol. The Bertz CT molecular complexity index is 1310. The van der Waals surface area contributed by atoms with Gasteiger partial charge in [-0.3, -0.25) is 9.36 Å². The van der Waals surface area contributed by atoms with Gasteiger partial charge in [0.05, 0.1) is 29.0 Å². The second kappa shape index (κ2) is 7.81. The van der Waals surface area contributed by atoms with Crippen LogP contribution >= 0.6 is 22.9 Å². The summed E-state index contributed by atoms with van der Waals surface area (Å²) in [5.41, 5.74) is 2.33. The van der Waals surface area contributed by atoms with E-state index in [-0.39, 0.29) is 5.56 Å². The van der Waals surface area contributed by atoms with Gasteiger partial charge in [0.25, 0.3) is 5.56 Å². The van der Waals surface area contributed by atoms with Gasteiger partial charge >= 0.3 is 5.97 Å². The molecule has 1 aliphatic rings. The molecule has 0 amide bonds. The molecule has 2 heterocycles. The summed E-state index contributed by atoms with van der Waals surface area (Å²) < 4.78 is 7.08. The van der Waals surface area contributed by atoms with Crippen molar-refractivity contribution >= 4 is 35.0 Å². The Kier molecular flexibility index (Phi) is 5.22. The van der Waals surface area contributed by atoms with Crippen LogP contribution in [-0.4, -0.2) is 17.6 Å². The number of fused-ring (bicyclic) bond motifs is 1. The Labute approximate surface area is 175 Å². The minimum absolute atomic E-state index is 0.212. The topological polar surface area (TPSA) is 60.7 Å². The second-order valence-corrected chi connectivity index (χ2v) is 7.98. The van der Waals surface area contributed by atoms with Crippen LogP contribution in [0.2, 0.25) is 5.02 Å². The minimum atomic E-state index is -0.596. The molecule has 1 atom stereocenters. The van der Waals surface area contributed by atoms with Gasteiger partial charge in [-0.15, -0.1) is 0 Å². The molecule has 3 aromatic rings. The van der Waals surface area contributed by atoms with Crippen LogP contribution in [0.1, 0.15) is 24.1 Å². The number of carbonyl (C=O) groups excluding carboxylic acids is 1. The first-order valence-corrected chi connectivity index (χ1v) is 10.1. The van der Waals surface area contributed by atoms with Crippen molar-refractivity contribution in [3.63, 3.8) is 0 Å². The zero-order valence-electron chi connectivity index (χ0n) is 15.8. The fourth-order valence-corrected chi connectivity index (χ4v) is 4.64. The predicted octanol–water partition coefficient (Wildman–Crippen LogP) is 3.06. The Balaban J connectivity index is 1.98. The standard InChI is InChI=1S/C22H17ClN2O3S/c1-13-18(21(27)28-2)19(15-8-4-3-5-9-15)25-20(26)17(29-22(25)24-13)12-14-7-6-10-16(23)11-14/h3-12,19H,1-2H3/b17-12-. The Morgan fingerprint density at radius 1 is 1.21 bits per heavy atom. The molecule has 5 nitrogen and oxygen atoms in total. The maximum Gasteiger partial charge on any atom is 0.338 e. The van der Waals surface area contributed by atoms with Crippen LogP contribution in [0.25, 0.3) is 6.08 Å². The fraction of sp³-hybridized carbons (Fsp3) is 0.136. The monoisotopic (exact) mass is 424 g/mol. The number of esters is 1. The first kappa shape index (κ1) is 19.4. The number of halogens is 1. The lowest BCUT2D eigenvalue weighted by molar-refractivity contribution is -0.136. The highest BCUT2D eigenvalue weighted by atomic mass is 35.5. The smallest absolute Gasteiger partial charge is 0.338 e. The summed E-state index contributed by atoms with van der Waals surface area (Å²) in [6.07, 6.45) is 1.79. The molecule has 0 aliphatic carbocycles. The number of allylic oxidation sites excluding steroid dienone is 1. The number of ether oxygens (including phenoxy) is 1. The number of benzene rings is 2. The van der Waals surface area contributed by atoms with Crippen LogP contribution in [-0.2, 0) is 9.53 Å². The van der Waals surface area contributed by atoms with Gasteiger partial charge in [-0.1, -0.05) is 65.4 Å². The maximum atomic E-state index is 13.3. The summed E-state index contributed by atoms with van der Waals surface area (Å²) in [6, 6.07) is 16.1. The van der Waals surface area contributed by atoms with Crippen molar-refractivity contribution in [2.24, 2.45) is 4.99 Å². The highest BCUT2D eigenvalue weighted by Gasteiger charge is 2.32. The van der Waals surface area contributed by atoms with Crippen molar-refractivity contribution < 1.29 is 9.53 Å². The lowest BCUT2D eigenvalue weighted by atomic mass is 9.96. The number of aromatic nitrogens is 1. The summed E-state index contributed by atoms with van der Waals surface area (Å²) in [6.45, 7) is 1.76. The maximum absolute atomic E-state index is 13.3. The van der Waals surface area contributed by atoms with E-state index in [0.717, 1.165) is 11.1 Å². The van der Waals surface area contributed by atoms with Crippen molar-refractivity contribution in [2.75, 3.05) is 7.11 Å². The molecule has 1 aliphatic heterocycles. The van der Waals surface area contributed by atoms with Gasteiger partial charge in [-0.05, 0) is 36.3 Å². The van der Waals surface area contributed by atoms with Gasteiger partial charge in [0, 0.05) is 5.02 Å². The van der Waals surface area contributed by atoms with E-state index in [0.29, 0.717) is 25.6 Å². The Hall–Kier alpha value is -2.96. The molecule has 29 heavy (non-hydrogen) atoms. The van der Waals surface area contributed by atoms with Gasteiger partial charge in [-0.2, -0.15) is 0 Å². The highest BCUT2D eigenvalue weighted by Crippen LogP contribution is 2.30. The molecule has 7 heteroatoms. The number of hydrogen-bond acceptors (Lipinski definition) is 5. The van der Waals surface area contributed by atoms with Crippen molar-refractivity contribution in [1.82, 2.24) is 4.57 Å². The number of rotatable bonds is 3. The first-order chi connectivity index (χ1) is 14.0. The van der Waals surface area contributed by atoms with E-state index in [1.807, 2.05) is 42.5 Å². The van der Waals surface area contributed by atoms with Crippen LogP contribution in [0.5, 0.6) is 0 Å². The number of nitrogens with zero attached hydrogens (tertiary/aromatic N) is 2. The van der Waals surface area contributed by atoms with Crippen LogP contribution in [0.4, 0.5) is 0 Å². The molecule has 1 aromatic heterocycles. The van der Waals surface area contributed by atoms with E-state index < -0.39 is 12.0 Å². The van der Waals surface area contributed by atoms with Crippen LogP contribution in [0, 0.1) is 0 Å². The Morgan fingerprint density at radius 3 is 2.66 bits per heavy atom. The summed E-state index contributed by atoms with van der Waals surface area (Å²) in [4.78, 5) is 30.9. The molecule has 0 spiro atoms. The molecule has 0 saturated heterocycles. The number of hydrogen-bond donors (Lipinski definition) is 0. The zero-order chi connectivity index (χ0) is 20.5. The quantitative estimate of drug-likeness (QED) is 0.607. The molecule has 146 valence electrons. The summed E-state index contributed by atoms with van der Waals surface area (Å²) in [5.74, 6) is -0.496. The number of thiazole rings is 1. The van der Waals surface area contributed by atoms with Crippen LogP contribution in [0.3, 0.4) is 0 Å². The van der Waals surface area contributed by atoms with Crippen LogP contribution < -0.4 is 14.9 Å². The third kappa shape index (κ3) is 3.57. The molecule has 0 fully saturated rings. The van der Waals surface area contributed by atoms with Crippen LogP contribution in [0.15, 0.2) is 75.7 Å². The van der Waals surface area contributed by atoms with E-state index in [4.69, 9.17) is 16.3 Å². The zero-order valence-corrected chi connectivity index (χ0v) is 17.3. The summed E-state index contributed by atoms with van der Waals surface area (Å²) in [7, 11) is 1.33. The molecule has 0 saturated carbocycles. The number of carbonyl (C=O) groups is 1. The molecule has 1 unspecified atom stereocenters. The summed E-state index contributed by atoms with van der Waals surface area (Å²) in [5, 5.41) is 0.595. The third-order valence-electron chi connectivity index (χ3n) is 4.69. The molecule has 0 radical (unpaired) electrons. The van der Waals surface area contributed by atoms with E-state index in [9.17, 15) is 9.59 Å². The minimum Gasteiger partial charge on any atom is -0.466 e. The molecule has 0 bridgehead atoms. The Morgan fingerprint density at radius 2 is 1.97 bits per heavy atom. The molecule has 2 aromatic carbocycles. The SMILES string of the molecule is COC(=O)C1=C(C)N=c2s/c(=C\c3cccc(Cl)c3)c(=O)n2C1c1ccccc1. The van der Waals surface area contributed by atoms with Gasteiger partial charge in [0.1, 0.15) is 0 Å². The molecular weight excluding hydrogens is 408 g/mol. The fourth-order valence-electron chi connectivity index (χ4n) is 3.39. The second-order valence-electron chi connectivity index (χ2n) is 6.54. The average Bonchev–Trinajstić information content (AvgIpc) is 3.02. The van der Waals surface area contributed by atoms with Gasteiger partial charge in [0.15, 0.2) is 4.80 Å². The van der Waals surface area contributed by atoms with Crippen molar-refractivity contribution in [3.05, 3.63) is 102 Å². The largest absolute Gasteiger partial charge is 0.466 e. The van der Waals surface area contributed by atoms with Crippen molar-refractivity contribution in [3.8, 4) is 0 Å². The van der Waals surface area contributed by atoms with E-state index >= 15 is 0 Å². The summed E-state index contributed by atoms with van der Waals surface area (Å²) >= 11 is 7.35. The number of methoxy groups -OCH3 is 1. The first-order valence-electron chi connectivity index (χ1n) is 8.91. The molecular formula is C22H17ClN2O3S. The highest BCUT2D eigenvalue weighted by molar-refractivity contribution is 7.07. The molecule has 4 rings (SSSR count). The lowest BCUT2D eigenvalue weighted by Gasteiger charge is -2.24. The van der Waals surface area contributed by atoms with E-state index in [2.05, 4.69) is 4.99 Å². The third-order valence-corrected chi connectivity index (χ3v) is 5.91. The van der Waals surface area contributed by atoms with Gasteiger partial charge in [-0.25, -0.2) is 9.79 Å². The lowest BCUT2D eigenvalue weighted by Crippen LogP contribution is -2.39. The van der Waals surface area contributed by atoms with Crippen molar-refractivity contribution in [1.29, 1.82) is 0 Å². The normalized spacial score (nSPS) is 16.4. The average molecular weight is 425 g/mol. The van der Waals surface area contributed by atoms with Gasteiger partial charge < -0.3 is 4.74 Å². The van der Waals surface area contributed by atoms with E-state index in [1.165, 1.54) is 18.4 Å².